The second-order valence-electron chi connectivity index (χ2n) is 20.3. The average molecular weight is 1120 g/mol. The van der Waals surface area contributed by atoms with Crippen LogP contribution in [0.2, 0.25) is 0 Å². The number of allylic oxidation sites excluding steroid dienone is 4. The third-order valence-corrected chi connectivity index (χ3v) is 13.2. The number of esters is 2. The Bertz CT molecular complexity index is 1260. The summed E-state index contributed by atoms with van der Waals surface area (Å²) in [6.45, 7) is 10.7. The van der Waals surface area contributed by atoms with Gasteiger partial charge in [0.05, 0.1) is 130 Å². The molecule has 0 aromatic heterocycles. The molecule has 0 fully saturated rings. The number of carbonyl (C=O) groups excluding carboxylic acids is 2. The number of carboxylic acid groups (broad SMARTS) is 2. The summed E-state index contributed by atoms with van der Waals surface area (Å²) in [6, 6.07) is 0. The minimum absolute atomic E-state index is 0.0569. The average Bonchev–Trinajstić information content (AvgIpc) is 3.42. The molecule has 0 heterocycles. The van der Waals surface area contributed by atoms with Gasteiger partial charge in [0.15, 0.2) is 0 Å². The molecule has 0 aromatic carbocycles. The first-order chi connectivity index (χ1) is 38.3. The normalized spacial score (nSPS) is 12.5. The Hall–Kier alpha value is -2.96. The van der Waals surface area contributed by atoms with Crippen LogP contribution in [0.4, 0.5) is 0 Å². The van der Waals surface area contributed by atoms with Crippen molar-refractivity contribution < 1.29 is 76.8 Å². The smallest absolute Gasteiger partial charge is 0.307 e. The van der Waals surface area contributed by atoms with Crippen LogP contribution < -0.4 is 0 Å². The Kier molecular flexibility index (Phi) is 60.8. The molecule has 2 N–H and O–H groups in total. The molecule has 0 rings (SSSR count). The maximum Gasteiger partial charge on any atom is 0.307 e. The van der Waals surface area contributed by atoms with Crippen LogP contribution in [-0.2, 0) is 66.5 Å². The van der Waals surface area contributed by atoms with Gasteiger partial charge in [-0.3, -0.25) is 19.2 Å². The van der Waals surface area contributed by atoms with Gasteiger partial charge in [-0.25, -0.2) is 0 Å². The number of unbranched alkanes of at least 4 members (excludes halogenated alkanes) is 26. The van der Waals surface area contributed by atoms with Gasteiger partial charge in [-0.15, -0.1) is 0 Å². The standard InChI is InChI=1S/C62H114O16/c1-3-5-7-9-11-13-15-17-19-21-23-25-27-29-31-33-35-57(61(65)66)55-59(63)77-53-51-75-49-47-73-45-43-71-41-39-69-37-38-70-40-42-72-44-46-74-48-50-76-52-54-78-60(64)56-58(62(67)68)36-34-32-30-28-26-24-22-20-18-16-14-12-10-8-6-4-2/h31-34,57-58H,3-30,35-56H2,1-2H3,(H,65,66)(H,67,68). The summed E-state index contributed by atoms with van der Waals surface area (Å²) in [7, 11) is 0. The summed E-state index contributed by atoms with van der Waals surface area (Å²) >= 11 is 0. The van der Waals surface area contributed by atoms with Gasteiger partial charge in [-0.1, -0.05) is 192 Å². The van der Waals surface area contributed by atoms with E-state index in [9.17, 15) is 29.4 Å². The molecule has 0 aliphatic heterocycles. The Balaban J connectivity index is 3.50. The van der Waals surface area contributed by atoms with Crippen LogP contribution in [0.25, 0.3) is 0 Å². The van der Waals surface area contributed by atoms with E-state index in [1.165, 1.54) is 154 Å². The van der Waals surface area contributed by atoms with Gasteiger partial charge < -0.3 is 57.6 Å². The Morgan fingerprint density at radius 2 is 0.500 bits per heavy atom. The van der Waals surface area contributed by atoms with Crippen LogP contribution in [0.3, 0.4) is 0 Å². The molecule has 0 aliphatic rings. The van der Waals surface area contributed by atoms with E-state index in [1.807, 2.05) is 24.3 Å². The minimum atomic E-state index is -0.996. The third-order valence-electron chi connectivity index (χ3n) is 13.2. The number of hydrogen-bond donors (Lipinski definition) is 2. The topological polar surface area (TPSA) is 201 Å². The molecule has 0 amide bonds. The van der Waals surface area contributed by atoms with Gasteiger partial charge in [0.2, 0.25) is 0 Å². The molecule has 0 saturated carbocycles. The highest BCUT2D eigenvalue weighted by atomic mass is 16.6. The van der Waals surface area contributed by atoms with E-state index < -0.39 is 35.7 Å². The molecule has 0 saturated heterocycles. The molecule has 0 bridgehead atoms. The number of ether oxygens (including phenoxy) is 10. The molecule has 16 heteroatoms. The largest absolute Gasteiger partial charge is 0.481 e. The number of hydrogen-bond acceptors (Lipinski definition) is 14. The monoisotopic (exact) mass is 1110 g/mol. The summed E-state index contributed by atoms with van der Waals surface area (Å²) in [6.07, 6.45) is 44.2. The van der Waals surface area contributed by atoms with Gasteiger partial charge >= 0.3 is 23.9 Å². The summed E-state index contributed by atoms with van der Waals surface area (Å²) in [4.78, 5) is 47.8. The first-order valence-electron chi connectivity index (χ1n) is 31.0. The lowest BCUT2D eigenvalue weighted by atomic mass is 10.0. The molecule has 0 aliphatic carbocycles. The second-order valence-corrected chi connectivity index (χ2v) is 20.3. The van der Waals surface area contributed by atoms with E-state index in [0.29, 0.717) is 105 Å². The van der Waals surface area contributed by atoms with Crippen molar-refractivity contribution in [3.05, 3.63) is 24.3 Å². The molecular formula is C62H114O16. The van der Waals surface area contributed by atoms with Gasteiger partial charge in [0, 0.05) is 0 Å². The number of carboxylic acids is 2. The fraction of sp³-hybridized carbons (Fsp3) is 0.871. The fourth-order valence-electron chi connectivity index (χ4n) is 8.45. The first-order valence-corrected chi connectivity index (χ1v) is 31.0. The van der Waals surface area contributed by atoms with Gasteiger partial charge in [0.25, 0.3) is 0 Å². The van der Waals surface area contributed by atoms with Crippen molar-refractivity contribution in [1.82, 2.24) is 0 Å². The zero-order valence-corrected chi connectivity index (χ0v) is 49.4. The van der Waals surface area contributed by atoms with Crippen molar-refractivity contribution in [2.24, 2.45) is 11.8 Å². The lowest BCUT2D eigenvalue weighted by Crippen LogP contribution is -2.20. The summed E-state index contributed by atoms with van der Waals surface area (Å²) in [5.74, 6) is -4.67. The van der Waals surface area contributed by atoms with Crippen LogP contribution in [0.5, 0.6) is 0 Å². The van der Waals surface area contributed by atoms with Crippen molar-refractivity contribution in [3.63, 3.8) is 0 Å². The Morgan fingerprint density at radius 1 is 0.295 bits per heavy atom. The Labute approximate surface area is 473 Å². The molecule has 2 unspecified atom stereocenters. The minimum Gasteiger partial charge on any atom is -0.481 e. The fourth-order valence-corrected chi connectivity index (χ4v) is 8.45. The second kappa shape index (κ2) is 63.2. The third kappa shape index (κ3) is 59.2. The van der Waals surface area contributed by atoms with E-state index in [-0.39, 0.29) is 39.3 Å². The van der Waals surface area contributed by atoms with Crippen LogP contribution in [0, 0.1) is 11.8 Å². The highest BCUT2D eigenvalue weighted by Gasteiger charge is 2.22. The van der Waals surface area contributed by atoms with Crippen molar-refractivity contribution in [2.75, 3.05) is 119 Å². The first kappa shape index (κ1) is 75.0. The van der Waals surface area contributed by atoms with E-state index in [0.717, 1.165) is 25.7 Å². The van der Waals surface area contributed by atoms with E-state index >= 15 is 0 Å². The SMILES string of the molecule is CCCCCCCCCCCCCCCC=CCC(CC(=O)OCCOCCOCCOCCOCCOCCOCCOCCOCCOC(=O)CC(CC=CCCCCCCCCCCCCCCC)C(=O)O)C(=O)O. The molecule has 0 aromatic rings. The number of carbonyl (C=O) groups is 4. The molecule has 78 heavy (non-hydrogen) atoms. The lowest BCUT2D eigenvalue weighted by molar-refractivity contribution is -0.152. The van der Waals surface area contributed by atoms with Gasteiger partial charge in [-0.2, -0.15) is 0 Å². The highest BCUT2D eigenvalue weighted by molar-refractivity contribution is 5.79. The van der Waals surface area contributed by atoms with Crippen LogP contribution in [-0.4, -0.2) is 153 Å². The van der Waals surface area contributed by atoms with E-state index in [4.69, 9.17) is 47.4 Å². The zero-order valence-electron chi connectivity index (χ0n) is 49.4. The van der Waals surface area contributed by atoms with Crippen LogP contribution >= 0.6 is 0 Å². The van der Waals surface area contributed by atoms with Crippen LogP contribution in [0.1, 0.15) is 219 Å². The van der Waals surface area contributed by atoms with Crippen molar-refractivity contribution in [3.8, 4) is 0 Å². The van der Waals surface area contributed by atoms with Crippen molar-refractivity contribution >= 4 is 23.9 Å². The van der Waals surface area contributed by atoms with Crippen molar-refractivity contribution in [1.29, 1.82) is 0 Å². The molecule has 0 radical (unpaired) electrons. The molecule has 458 valence electrons. The predicted octanol–water partition coefficient (Wildman–Crippen LogP) is 13.2. The zero-order chi connectivity index (χ0) is 56.7. The summed E-state index contributed by atoms with van der Waals surface area (Å²) in [5, 5.41) is 19.1. The summed E-state index contributed by atoms with van der Waals surface area (Å²) in [5.41, 5.74) is 0. The Morgan fingerprint density at radius 3 is 0.718 bits per heavy atom. The predicted molar refractivity (Wildman–Crippen MR) is 308 cm³/mol. The maximum atomic E-state index is 12.2. The molecular weight excluding hydrogens is 1000 g/mol. The highest BCUT2D eigenvalue weighted by Crippen LogP contribution is 2.17. The van der Waals surface area contributed by atoms with Crippen LogP contribution in [0.15, 0.2) is 24.3 Å². The van der Waals surface area contributed by atoms with Gasteiger partial charge in [0.1, 0.15) is 13.2 Å². The van der Waals surface area contributed by atoms with Crippen molar-refractivity contribution in [2.45, 2.75) is 219 Å². The van der Waals surface area contributed by atoms with E-state index in [2.05, 4.69) is 13.8 Å². The lowest BCUT2D eigenvalue weighted by Gasteiger charge is -2.11. The quantitative estimate of drug-likeness (QED) is 0.0330. The molecule has 2 atom stereocenters. The molecule has 16 nitrogen and oxygen atoms in total. The van der Waals surface area contributed by atoms with E-state index in [1.54, 1.807) is 0 Å². The number of rotatable bonds is 65. The summed E-state index contributed by atoms with van der Waals surface area (Å²) < 4.78 is 54.3. The maximum absolute atomic E-state index is 12.2. The van der Waals surface area contributed by atoms with Gasteiger partial charge in [-0.05, 0) is 38.5 Å². The number of aliphatic carboxylic acids is 2. The molecule has 0 spiro atoms.